The van der Waals surface area contributed by atoms with Crippen molar-refractivity contribution >= 4 is 60.8 Å². The Morgan fingerprint density at radius 1 is 1.03 bits per heavy atom. The number of rotatable bonds is 7. The molecular formula is C26H18Br2N2O4S. The number of ether oxygens (including phenoxy) is 2. The number of carbonyl (C=O) groups excluding carboxylic acids is 2. The summed E-state index contributed by atoms with van der Waals surface area (Å²) in [4.78, 5) is 27.0. The molecule has 0 saturated carbocycles. The van der Waals surface area contributed by atoms with E-state index < -0.39 is 0 Å². The molecule has 4 rings (SSSR count). The third kappa shape index (κ3) is 5.96. The topological polar surface area (TPSA) is 79.6 Å². The zero-order valence-electron chi connectivity index (χ0n) is 18.5. The van der Waals surface area contributed by atoms with Crippen LogP contribution in [0.25, 0.3) is 6.08 Å². The van der Waals surface area contributed by atoms with E-state index in [0.29, 0.717) is 32.0 Å². The van der Waals surface area contributed by atoms with Crippen LogP contribution in [-0.2, 0) is 17.9 Å². The van der Waals surface area contributed by atoms with Gasteiger partial charge in [0, 0.05) is 4.47 Å². The first-order valence-electron chi connectivity index (χ1n) is 10.4. The molecule has 9 heteroatoms. The second-order valence-electron chi connectivity index (χ2n) is 7.53. The number of benzene rings is 3. The summed E-state index contributed by atoms with van der Waals surface area (Å²) in [7, 11) is 1.53. The molecule has 0 spiro atoms. The average Bonchev–Trinajstić information content (AvgIpc) is 3.12. The van der Waals surface area contributed by atoms with Crippen molar-refractivity contribution in [1.82, 2.24) is 4.90 Å². The zero-order valence-corrected chi connectivity index (χ0v) is 22.4. The summed E-state index contributed by atoms with van der Waals surface area (Å²) in [6, 6.07) is 20.3. The van der Waals surface area contributed by atoms with Crippen molar-refractivity contribution < 1.29 is 19.1 Å². The SMILES string of the molecule is COc1cc(/C=C2\SC(=O)N(Cc3ccc(Br)cc3)C2=O)cc(Br)c1OCc1ccc(C#N)cc1. The van der Waals surface area contributed by atoms with Crippen LogP contribution in [0.5, 0.6) is 11.5 Å². The molecule has 1 heterocycles. The lowest BCUT2D eigenvalue weighted by Crippen LogP contribution is -2.27. The maximum Gasteiger partial charge on any atom is 0.293 e. The van der Waals surface area contributed by atoms with Gasteiger partial charge in [0.15, 0.2) is 11.5 Å². The number of nitriles is 1. The van der Waals surface area contributed by atoms with Crippen LogP contribution in [0.15, 0.2) is 74.5 Å². The van der Waals surface area contributed by atoms with E-state index in [1.54, 1.807) is 30.3 Å². The van der Waals surface area contributed by atoms with E-state index in [-0.39, 0.29) is 24.3 Å². The lowest BCUT2D eigenvalue weighted by molar-refractivity contribution is -0.123. The number of thioether (sulfide) groups is 1. The Hall–Kier alpha value is -3.06. The summed E-state index contributed by atoms with van der Waals surface area (Å²) in [5, 5.41) is 8.63. The van der Waals surface area contributed by atoms with Crippen LogP contribution in [0.4, 0.5) is 4.79 Å². The molecule has 0 N–H and O–H groups in total. The van der Waals surface area contributed by atoms with Crippen LogP contribution in [0.3, 0.4) is 0 Å². The molecule has 3 aromatic carbocycles. The molecule has 0 aromatic heterocycles. The molecule has 0 bridgehead atoms. The molecule has 6 nitrogen and oxygen atoms in total. The van der Waals surface area contributed by atoms with Crippen molar-refractivity contribution in [3.63, 3.8) is 0 Å². The predicted molar refractivity (Wildman–Crippen MR) is 142 cm³/mol. The van der Waals surface area contributed by atoms with Crippen molar-refractivity contribution in [1.29, 1.82) is 5.26 Å². The molecule has 0 radical (unpaired) electrons. The van der Waals surface area contributed by atoms with E-state index in [2.05, 4.69) is 37.9 Å². The van der Waals surface area contributed by atoms with Crippen LogP contribution in [0, 0.1) is 11.3 Å². The molecule has 176 valence electrons. The highest BCUT2D eigenvalue weighted by Gasteiger charge is 2.35. The molecule has 0 unspecified atom stereocenters. The smallest absolute Gasteiger partial charge is 0.293 e. The Bertz CT molecular complexity index is 1350. The third-order valence-electron chi connectivity index (χ3n) is 5.14. The van der Waals surface area contributed by atoms with Crippen molar-refractivity contribution in [2.24, 2.45) is 0 Å². The summed E-state index contributed by atoms with van der Waals surface area (Å²) >= 11 is 7.82. The molecule has 2 amide bonds. The Morgan fingerprint density at radius 2 is 1.71 bits per heavy atom. The highest BCUT2D eigenvalue weighted by Crippen LogP contribution is 2.39. The first-order chi connectivity index (χ1) is 16.9. The maximum absolute atomic E-state index is 12.9. The van der Waals surface area contributed by atoms with Crippen LogP contribution < -0.4 is 9.47 Å². The molecule has 0 aliphatic carbocycles. The summed E-state index contributed by atoms with van der Waals surface area (Å²) < 4.78 is 13.0. The van der Waals surface area contributed by atoms with Crippen LogP contribution in [0.2, 0.25) is 0 Å². The number of halogens is 2. The van der Waals surface area contributed by atoms with Crippen molar-refractivity contribution in [3.05, 3.63) is 96.8 Å². The van der Waals surface area contributed by atoms with Gasteiger partial charge in [-0.15, -0.1) is 0 Å². The van der Waals surface area contributed by atoms with Crippen LogP contribution in [-0.4, -0.2) is 23.2 Å². The lowest BCUT2D eigenvalue weighted by atomic mass is 10.1. The number of nitrogens with zero attached hydrogens (tertiary/aromatic N) is 2. The average molecular weight is 614 g/mol. The number of imide groups is 1. The van der Waals surface area contributed by atoms with Gasteiger partial charge < -0.3 is 9.47 Å². The van der Waals surface area contributed by atoms with Gasteiger partial charge in [-0.3, -0.25) is 14.5 Å². The first kappa shape index (κ1) is 25.0. The fourth-order valence-electron chi connectivity index (χ4n) is 3.35. The van der Waals surface area contributed by atoms with Gasteiger partial charge in [0.05, 0.1) is 34.7 Å². The minimum atomic E-state index is -0.334. The van der Waals surface area contributed by atoms with E-state index in [0.717, 1.165) is 27.4 Å². The second kappa shape index (κ2) is 11.1. The first-order valence-corrected chi connectivity index (χ1v) is 12.8. The Labute approximate surface area is 223 Å². The molecular weight excluding hydrogens is 596 g/mol. The maximum atomic E-state index is 12.9. The molecule has 1 fully saturated rings. The standard InChI is InChI=1S/C26H18Br2N2O4S/c1-33-22-11-19(10-21(28)24(22)34-15-18-4-2-16(13-29)3-5-18)12-23-25(31)30(26(32)35-23)14-17-6-8-20(27)9-7-17/h2-12H,14-15H2,1H3/b23-12-. The molecule has 1 saturated heterocycles. The fourth-order valence-corrected chi connectivity index (χ4v) is 5.03. The van der Waals surface area contributed by atoms with Gasteiger partial charge in [0.1, 0.15) is 6.61 Å². The molecule has 1 aliphatic rings. The number of hydrogen-bond acceptors (Lipinski definition) is 6. The number of hydrogen-bond donors (Lipinski definition) is 0. The normalized spacial score (nSPS) is 14.3. The van der Waals surface area contributed by atoms with E-state index >= 15 is 0 Å². The summed E-state index contributed by atoms with van der Waals surface area (Å²) in [5.41, 5.74) is 3.04. The quantitative estimate of drug-likeness (QED) is 0.270. The zero-order chi connectivity index (χ0) is 24.9. The molecule has 3 aromatic rings. The highest BCUT2D eigenvalue weighted by atomic mass is 79.9. The van der Waals surface area contributed by atoms with Crippen molar-refractivity contribution in [2.75, 3.05) is 7.11 Å². The number of carbonyl (C=O) groups is 2. The van der Waals surface area contributed by atoms with E-state index in [1.807, 2.05) is 36.4 Å². The Kier molecular flexibility index (Phi) is 7.96. The molecule has 1 aliphatic heterocycles. The van der Waals surface area contributed by atoms with Crippen molar-refractivity contribution in [2.45, 2.75) is 13.2 Å². The number of methoxy groups -OCH3 is 1. The van der Waals surface area contributed by atoms with Gasteiger partial charge in [0.2, 0.25) is 0 Å². The van der Waals surface area contributed by atoms with Gasteiger partial charge in [-0.25, -0.2) is 0 Å². The summed E-state index contributed by atoms with van der Waals surface area (Å²) in [6.07, 6.45) is 1.67. The third-order valence-corrected chi connectivity index (χ3v) is 7.17. The summed E-state index contributed by atoms with van der Waals surface area (Å²) in [6.45, 7) is 0.499. The number of amides is 2. The van der Waals surface area contributed by atoms with Gasteiger partial charge in [0.25, 0.3) is 11.1 Å². The minimum absolute atomic E-state index is 0.213. The van der Waals surface area contributed by atoms with E-state index in [1.165, 1.54) is 12.0 Å². The van der Waals surface area contributed by atoms with Gasteiger partial charge in [-0.05, 0) is 86.9 Å². The van der Waals surface area contributed by atoms with Crippen LogP contribution >= 0.6 is 43.6 Å². The lowest BCUT2D eigenvalue weighted by Gasteiger charge is -2.14. The summed E-state index contributed by atoms with van der Waals surface area (Å²) in [5.74, 6) is 0.657. The van der Waals surface area contributed by atoms with Gasteiger partial charge >= 0.3 is 0 Å². The van der Waals surface area contributed by atoms with Crippen LogP contribution in [0.1, 0.15) is 22.3 Å². The Morgan fingerprint density at radius 3 is 2.37 bits per heavy atom. The second-order valence-corrected chi connectivity index (χ2v) is 10.3. The predicted octanol–water partition coefficient (Wildman–Crippen LogP) is 6.91. The minimum Gasteiger partial charge on any atom is -0.493 e. The van der Waals surface area contributed by atoms with Gasteiger partial charge in [-0.1, -0.05) is 40.2 Å². The van der Waals surface area contributed by atoms with Gasteiger partial charge in [-0.2, -0.15) is 5.26 Å². The Balaban J connectivity index is 1.51. The van der Waals surface area contributed by atoms with E-state index in [4.69, 9.17) is 14.7 Å². The largest absolute Gasteiger partial charge is 0.493 e. The highest BCUT2D eigenvalue weighted by molar-refractivity contribution is 9.10. The monoisotopic (exact) mass is 612 g/mol. The van der Waals surface area contributed by atoms with Crippen molar-refractivity contribution in [3.8, 4) is 17.6 Å². The molecule has 35 heavy (non-hydrogen) atoms. The molecule has 0 atom stereocenters. The van der Waals surface area contributed by atoms with E-state index in [9.17, 15) is 9.59 Å². The fraction of sp³-hybridized carbons (Fsp3) is 0.115.